The Bertz CT molecular complexity index is 990. The van der Waals surface area contributed by atoms with Gasteiger partial charge in [-0.25, -0.2) is 0 Å². The number of piperidine rings is 1. The number of fused-ring (bicyclic) bond motifs is 1. The minimum Gasteiger partial charge on any atom is -0.361 e. The minimum atomic E-state index is -0.236. The van der Waals surface area contributed by atoms with Crippen molar-refractivity contribution in [3.63, 3.8) is 0 Å². The van der Waals surface area contributed by atoms with Gasteiger partial charge in [-0.2, -0.15) is 0 Å². The van der Waals surface area contributed by atoms with Crippen LogP contribution in [-0.2, 0) is 10.2 Å². The van der Waals surface area contributed by atoms with E-state index in [-0.39, 0.29) is 5.41 Å². The van der Waals surface area contributed by atoms with Crippen molar-refractivity contribution in [1.82, 2.24) is 9.88 Å². The molecule has 0 atom stereocenters. The van der Waals surface area contributed by atoms with Gasteiger partial charge in [0.05, 0.1) is 5.41 Å². The maximum absolute atomic E-state index is 13.3. The van der Waals surface area contributed by atoms with Crippen LogP contribution in [0.15, 0.2) is 54.7 Å². The fourth-order valence-corrected chi connectivity index (χ4v) is 4.82. The Kier molecular flexibility index (Phi) is 3.85. The zero-order valence-electron chi connectivity index (χ0n) is 15.9. The highest BCUT2D eigenvalue weighted by Crippen LogP contribution is 2.50. The Labute approximate surface area is 160 Å². The third-order valence-corrected chi connectivity index (χ3v) is 6.57. The number of amides is 1. The smallest absolute Gasteiger partial charge is 0.233 e. The summed E-state index contributed by atoms with van der Waals surface area (Å²) in [6.07, 6.45) is 6.27. The summed E-state index contributed by atoms with van der Waals surface area (Å²) in [5.41, 5.74) is 4.84. The molecule has 2 aliphatic rings. The number of likely N-dealkylation sites (tertiary alicyclic amines) is 1. The number of hydrogen-bond donors (Lipinski definition) is 1. The molecule has 3 aromatic rings. The van der Waals surface area contributed by atoms with Gasteiger partial charge < -0.3 is 9.88 Å². The molecule has 0 bridgehead atoms. The number of aromatic nitrogens is 1. The molecule has 3 heteroatoms. The molecule has 1 aromatic heterocycles. The summed E-state index contributed by atoms with van der Waals surface area (Å²) < 4.78 is 0. The van der Waals surface area contributed by atoms with Crippen LogP contribution in [0.4, 0.5) is 0 Å². The largest absolute Gasteiger partial charge is 0.361 e. The third kappa shape index (κ3) is 2.77. The fourth-order valence-electron chi connectivity index (χ4n) is 4.82. The average molecular weight is 358 g/mol. The molecule has 1 amide bonds. The molecule has 2 heterocycles. The highest BCUT2D eigenvalue weighted by Gasteiger charge is 2.53. The number of H-pyrrole nitrogens is 1. The topological polar surface area (TPSA) is 36.1 Å². The Hall–Kier alpha value is -2.55. The predicted molar refractivity (Wildman–Crippen MR) is 109 cm³/mol. The molecule has 2 fully saturated rings. The number of carbonyl (C=O) groups is 1. The minimum absolute atomic E-state index is 0.236. The van der Waals surface area contributed by atoms with Crippen LogP contribution in [0.5, 0.6) is 0 Å². The van der Waals surface area contributed by atoms with Crippen LogP contribution in [0.25, 0.3) is 10.9 Å². The number of carbonyl (C=O) groups excluding carboxylic acids is 1. The van der Waals surface area contributed by atoms with Crippen LogP contribution in [0, 0.1) is 6.92 Å². The van der Waals surface area contributed by atoms with Crippen LogP contribution in [0.1, 0.15) is 48.3 Å². The SMILES string of the molecule is Cc1cccc(C2(C(=O)N3CCC(c4c[nH]c5ccccc45)CC3)CC2)c1. The average Bonchev–Trinajstić information content (AvgIpc) is 3.41. The standard InChI is InChI=1S/C24H26N2O/c1-17-5-4-6-19(15-17)24(11-12-24)23(27)26-13-9-18(10-14-26)21-16-25-22-8-3-2-7-20(21)22/h2-8,15-16,18,25H,9-14H2,1H3. The lowest BCUT2D eigenvalue weighted by Gasteiger charge is -2.34. The van der Waals surface area contributed by atoms with Gasteiger partial charge in [-0.1, -0.05) is 48.0 Å². The van der Waals surface area contributed by atoms with E-state index in [0.29, 0.717) is 11.8 Å². The first-order chi connectivity index (χ1) is 13.2. The third-order valence-electron chi connectivity index (χ3n) is 6.57. The molecule has 1 aliphatic carbocycles. The van der Waals surface area contributed by atoms with Gasteiger partial charge in [0.2, 0.25) is 5.91 Å². The first-order valence-electron chi connectivity index (χ1n) is 10.1. The van der Waals surface area contributed by atoms with E-state index in [4.69, 9.17) is 0 Å². The van der Waals surface area contributed by atoms with Crippen molar-refractivity contribution in [2.45, 2.75) is 43.9 Å². The second kappa shape index (κ2) is 6.26. The van der Waals surface area contributed by atoms with Crippen molar-refractivity contribution in [3.05, 3.63) is 71.4 Å². The van der Waals surface area contributed by atoms with Crippen molar-refractivity contribution in [3.8, 4) is 0 Å². The molecule has 1 saturated carbocycles. The number of benzene rings is 2. The van der Waals surface area contributed by atoms with Crippen molar-refractivity contribution in [2.24, 2.45) is 0 Å². The monoisotopic (exact) mass is 358 g/mol. The van der Waals surface area contributed by atoms with Crippen molar-refractivity contribution in [2.75, 3.05) is 13.1 Å². The Morgan fingerprint density at radius 3 is 2.59 bits per heavy atom. The summed E-state index contributed by atoms with van der Waals surface area (Å²) in [4.78, 5) is 18.8. The highest BCUT2D eigenvalue weighted by atomic mass is 16.2. The number of hydrogen-bond acceptors (Lipinski definition) is 1. The summed E-state index contributed by atoms with van der Waals surface area (Å²) >= 11 is 0. The zero-order chi connectivity index (χ0) is 18.4. The van der Waals surface area contributed by atoms with Gasteiger partial charge in [0.15, 0.2) is 0 Å². The predicted octanol–water partition coefficient (Wildman–Crippen LogP) is 4.91. The first-order valence-corrected chi connectivity index (χ1v) is 10.1. The maximum atomic E-state index is 13.3. The number of aryl methyl sites for hydroxylation is 1. The molecule has 3 nitrogen and oxygen atoms in total. The Balaban J connectivity index is 1.31. The number of nitrogens with one attached hydrogen (secondary N) is 1. The maximum Gasteiger partial charge on any atom is 0.233 e. The molecule has 1 saturated heterocycles. The Morgan fingerprint density at radius 2 is 1.85 bits per heavy atom. The van der Waals surface area contributed by atoms with Crippen LogP contribution < -0.4 is 0 Å². The van der Waals surface area contributed by atoms with E-state index in [1.165, 1.54) is 27.6 Å². The first kappa shape index (κ1) is 16.6. The summed E-state index contributed by atoms with van der Waals surface area (Å²) in [6, 6.07) is 17.0. The van der Waals surface area contributed by atoms with Gasteiger partial charge in [0.1, 0.15) is 0 Å². The Morgan fingerprint density at radius 1 is 1.07 bits per heavy atom. The molecule has 0 radical (unpaired) electrons. The molecular formula is C24H26N2O. The van der Waals surface area contributed by atoms with Gasteiger partial charge >= 0.3 is 0 Å². The molecule has 0 unspecified atom stereocenters. The van der Waals surface area contributed by atoms with Crippen LogP contribution >= 0.6 is 0 Å². The van der Waals surface area contributed by atoms with E-state index in [9.17, 15) is 4.79 Å². The van der Waals surface area contributed by atoms with Crippen LogP contribution in [-0.4, -0.2) is 28.9 Å². The van der Waals surface area contributed by atoms with Crippen LogP contribution in [0.3, 0.4) is 0 Å². The summed E-state index contributed by atoms with van der Waals surface area (Å²) in [7, 11) is 0. The highest BCUT2D eigenvalue weighted by molar-refractivity contribution is 5.91. The van der Waals surface area contributed by atoms with E-state index in [0.717, 1.165) is 38.8 Å². The summed E-state index contributed by atoms with van der Waals surface area (Å²) in [5.74, 6) is 0.893. The lowest BCUT2D eigenvalue weighted by atomic mass is 9.87. The van der Waals surface area contributed by atoms with Crippen molar-refractivity contribution < 1.29 is 4.79 Å². The van der Waals surface area contributed by atoms with E-state index < -0.39 is 0 Å². The molecule has 138 valence electrons. The van der Waals surface area contributed by atoms with Crippen LogP contribution in [0.2, 0.25) is 0 Å². The number of para-hydroxylation sites is 1. The lowest BCUT2D eigenvalue weighted by Crippen LogP contribution is -2.43. The normalized spacial score (nSPS) is 19.4. The van der Waals surface area contributed by atoms with Crippen molar-refractivity contribution in [1.29, 1.82) is 0 Å². The van der Waals surface area contributed by atoms with E-state index in [1.807, 2.05) is 0 Å². The molecule has 1 aliphatic heterocycles. The molecule has 0 spiro atoms. The second-order valence-electron chi connectivity index (χ2n) is 8.31. The summed E-state index contributed by atoms with van der Waals surface area (Å²) in [6.45, 7) is 3.85. The van der Waals surface area contributed by atoms with E-state index in [1.54, 1.807) is 0 Å². The van der Waals surface area contributed by atoms with Gasteiger partial charge in [0, 0.05) is 30.2 Å². The van der Waals surface area contributed by atoms with Gasteiger partial charge in [-0.3, -0.25) is 4.79 Å². The number of rotatable bonds is 3. The molecule has 27 heavy (non-hydrogen) atoms. The summed E-state index contributed by atoms with van der Waals surface area (Å²) in [5, 5.41) is 1.33. The van der Waals surface area contributed by atoms with E-state index >= 15 is 0 Å². The zero-order valence-corrected chi connectivity index (χ0v) is 15.9. The van der Waals surface area contributed by atoms with Gasteiger partial charge in [-0.15, -0.1) is 0 Å². The lowest BCUT2D eigenvalue weighted by molar-refractivity contribution is -0.135. The van der Waals surface area contributed by atoms with E-state index in [2.05, 4.69) is 71.5 Å². The second-order valence-corrected chi connectivity index (χ2v) is 8.31. The fraction of sp³-hybridized carbons (Fsp3) is 0.375. The number of nitrogens with zero attached hydrogens (tertiary/aromatic N) is 1. The molecular weight excluding hydrogens is 332 g/mol. The van der Waals surface area contributed by atoms with Gasteiger partial charge in [0.25, 0.3) is 0 Å². The molecule has 1 N–H and O–H groups in total. The van der Waals surface area contributed by atoms with Gasteiger partial charge in [-0.05, 0) is 55.7 Å². The number of aromatic amines is 1. The molecule has 2 aromatic carbocycles. The molecule has 5 rings (SSSR count). The quantitative estimate of drug-likeness (QED) is 0.709. The van der Waals surface area contributed by atoms with Crippen molar-refractivity contribution >= 4 is 16.8 Å².